The molecule has 21 heavy (non-hydrogen) atoms. The van der Waals surface area contributed by atoms with Crippen molar-refractivity contribution >= 4 is 6.03 Å². The van der Waals surface area contributed by atoms with Gasteiger partial charge in [0.25, 0.3) is 0 Å². The number of hydrogen-bond donors (Lipinski definition) is 1. The van der Waals surface area contributed by atoms with Gasteiger partial charge in [0.05, 0.1) is 0 Å². The van der Waals surface area contributed by atoms with Crippen LogP contribution < -0.4 is 5.32 Å². The Bertz CT molecular complexity index is 457. The Hall–Kier alpha value is -1.49. The number of hydrogen-bond acceptors (Lipinski definition) is 2. The Morgan fingerprint density at radius 3 is 3.00 bits per heavy atom. The second-order valence-corrected chi connectivity index (χ2v) is 6.16. The third-order valence-electron chi connectivity index (χ3n) is 4.21. The van der Waals surface area contributed by atoms with Gasteiger partial charge in [-0.2, -0.15) is 0 Å². The minimum Gasteiger partial charge on any atom is -0.354 e. The second kappa shape index (κ2) is 7.50. The van der Waals surface area contributed by atoms with E-state index in [4.69, 9.17) is 0 Å². The molecule has 1 aromatic rings. The molecule has 2 rings (SSSR count). The van der Waals surface area contributed by atoms with Gasteiger partial charge < -0.3 is 19.7 Å². The van der Waals surface area contributed by atoms with Crippen molar-refractivity contribution in [1.82, 2.24) is 19.7 Å². The quantitative estimate of drug-likeness (QED) is 0.901. The molecule has 1 N–H and O–H groups in total. The molecule has 0 bridgehead atoms. The van der Waals surface area contributed by atoms with Gasteiger partial charge in [-0.3, -0.25) is 0 Å². The SMILES string of the molecule is CCn1ccc(CN(C)C(=O)NC[C@H]2CCCN(C)C2)c1. The lowest BCUT2D eigenvalue weighted by Crippen LogP contribution is -2.43. The zero-order valence-corrected chi connectivity index (χ0v) is 13.5. The Balaban J connectivity index is 1.74. The number of nitrogens with zero attached hydrogens (tertiary/aromatic N) is 3. The number of amides is 2. The number of carbonyl (C=O) groups excluding carboxylic acids is 1. The normalized spacial score (nSPS) is 19.5. The molecule has 0 aliphatic carbocycles. The largest absolute Gasteiger partial charge is 0.354 e. The van der Waals surface area contributed by atoms with Crippen molar-refractivity contribution in [3.63, 3.8) is 0 Å². The van der Waals surface area contributed by atoms with Crippen LogP contribution in [0.1, 0.15) is 25.3 Å². The molecule has 1 aromatic heterocycles. The number of carbonyl (C=O) groups is 1. The molecule has 1 atom stereocenters. The first-order chi connectivity index (χ1) is 10.1. The zero-order chi connectivity index (χ0) is 15.2. The Kier molecular flexibility index (Phi) is 5.67. The van der Waals surface area contributed by atoms with Gasteiger partial charge in [0, 0.05) is 45.6 Å². The number of aryl methyl sites for hydroxylation is 1. The highest BCUT2D eigenvalue weighted by Gasteiger charge is 2.18. The minimum absolute atomic E-state index is 0.0208. The van der Waals surface area contributed by atoms with Crippen LogP contribution in [0.25, 0.3) is 0 Å². The van der Waals surface area contributed by atoms with Crippen LogP contribution in [-0.4, -0.2) is 54.1 Å². The van der Waals surface area contributed by atoms with Crippen molar-refractivity contribution in [3.05, 3.63) is 24.0 Å². The van der Waals surface area contributed by atoms with E-state index in [0.717, 1.165) is 19.6 Å². The van der Waals surface area contributed by atoms with Gasteiger partial charge in [0.1, 0.15) is 0 Å². The van der Waals surface area contributed by atoms with Gasteiger partial charge >= 0.3 is 6.03 Å². The van der Waals surface area contributed by atoms with Gasteiger partial charge in [-0.1, -0.05) is 0 Å². The molecule has 0 radical (unpaired) electrons. The highest BCUT2D eigenvalue weighted by atomic mass is 16.2. The lowest BCUT2D eigenvalue weighted by molar-refractivity contribution is 0.188. The highest BCUT2D eigenvalue weighted by molar-refractivity contribution is 5.73. The summed E-state index contributed by atoms with van der Waals surface area (Å²) in [5, 5.41) is 3.07. The van der Waals surface area contributed by atoms with Crippen LogP contribution in [0.4, 0.5) is 4.79 Å². The smallest absolute Gasteiger partial charge is 0.317 e. The summed E-state index contributed by atoms with van der Waals surface area (Å²) in [4.78, 5) is 16.2. The third kappa shape index (κ3) is 4.77. The number of aromatic nitrogens is 1. The Labute approximate surface area is 127 Å². The molecule has 1 aliphatic rings. The van der Waals surface area contributed by atoms with E-state index in [-0.39, 0.29) is 6.03 Å². The molecular weight excluding hydrogens is 264 g/mol. The fourth-order valence-electron chi connectivity index (χ4n) is 2.93. The van der Waals surface area contributed by atoms with Gasteiger partial charge in [0.15, 0.2) is 0 Å². The first kappa shape index (κ1) is 15.9. The van der Waals surface area contributed by atoms with Gasteiger partial charge in [-0.25, -0.2) is 4.79 Å². The molecule has 2 amide bonds. The van der Waals surface area contributed by atoms with E-state index in [9.17, 15) is 4.79 Å². The predicted octanol–water partition coefficient (Wildman–Crippen LogP) is 1.99. The summed E-state index contributed by atoms with van der Waals surface area (Å²) in [6.07, 6.45) is 6.60. The van der Waals surface area contributed by atoms with Crippen molar-refractivity contribution in [1.29, 1.82) is 0 Å². The van der Waals surface area contributed by atoms with E-state index in [2.05, 4.69) is 47.2 Å². The summed E-state index contributed by atoms with van der Waals surface area (Å²) >= 11 is 0. The van der Waals surface area contributed by atoms with Crippen molar-refractivity contribution in [2.24, 2.45) is 5.92 Å². The molecular formula is C16H28N4O. The van der Waals surface area contributed by atoms with E-state index in [1.807, 2.05) is 7.05 Å². The van der Waals surface area contributed by atoms with Crippen molar-refractivity contribution in [2.45, 2.75) is 32.9 Å². The number of likely N-dealkylation sites (tertiary alicyclic amines) is 1. The van der Waals surface area contributed by atoms with E-state index in [0.29, 0.717) is 12.5 Å². The van der Waals surface area contributed by atoms with Crippen molar-refractivity contribution < 1.29 is 4.79 Å². The van der Waals surface area contributed by atoms with Crippen LogP contribution in [0.2, 0.25) is 0 Å². The van der Waals surface area contributed by atoms with Crippen LogP contribution in [0.15, 0.2) is 18.5 Å². The number of rotatable bonds is 5. The summed E-state index contributed by atoms with van der Waals surface area (Å²) in [6.45, 7) is 6.78. The summed E-state index contributed by atoms with van der Waals surface area (Å²) in [7, 11) is 4.00. The molecule has 0 unspecified atom stereocenters. The Morgan fingerprint density at radius 2 is 2.33 bits per heavy atom. The van der Waals surface area contributed by atoms with Crippen LogP contribution in [-0.2, 0) is 13.1 Å². The molecule has 1 aliphatic heterocycles. The molecule has 2 heterocycles. The van der Waals surface area contributed by atoms with Gasteiger partial charge in [-0.05, 0) is 50.9 Å². The monoisotopic (exact) mass is 292 g/mol. The van der Waals surface area contributed by atoms with E-state index in [1.54, 1.807) is 4.90 Å². The maximum Gasteiger partial charge on any atom is 0.317 e. The number of urea groups is 1. The topological polar surface area (TPSA) is 40.5 Å². The predicted molar refractivity (Wildman–Crippen MR) is 85.2 cm³/mol. The second-order valence-electron chi connectivity index (χ2n) is 6.16. The van der Waals surface area contributed by atoms with Crippen LogP contribution >= 0.6 is 0 Å². The van der Waals surface area contributed by atoms with Crippen LogP contribution in [0.3, 0.4) is 0 Å². The molecule has 1 saturated heterocycles. The highest BCUT2D eigenvalue weighted by Crippen LogP contribution is 2.14. The first-order valence-corrected chi connectivity index (χ1v) is 7.90. The maximum absolute atomic E-state index is 12.1. The summed E-state index contributed by atoms with van der Waals surface area (Å²) in [5.41, 5.74) is 1.17. The van der Waals surface area contributed by atoms with E-state index in [1.165, 1.54) is 24.9 Å². The van der Waals surface area contributed by atoms with Crippen LogP contribution in [0.5, 0.6) is 0 Å². The Morgan fingerprint density at radius 1 is 1.52 bits per heavy atom. The number of piperidine rings is 1. The zero-order valence-electron chi connectivity index (χ0n) is 13.5. The first-order valence-electron chi connectivity index (χ1n) is 7.90. The fourth-order valence-corrected chi connectivity index (χ4v) is 2.93. The van der Waals surface area contributed by atoms with Gasteiger partial charge in [0.2, 0.25) is 0 Å². The molecule has 1 fully saturated rings. The van der Waals surface area contributed by atoms with Crippen LogP contribution in [0, 0.1) is 5.92 Å². The fraction of sp³-hybridized carbons (Fsp3) is 0.688. The average Bonchev–Trinajstić information content (AvgIpc) is 2.92. The van der Waals surface area contributed by atoms with Crippen molar-refractivity contribution in [2.75, 3.05) is 33.7 Å². The molecule has 5 nitrogen and oxygen atoms in total. The average molecular weight is 292 g/mol. The summed E-state index contributed by atoms with van der Waals surface area (Å²) < 4.78 is 2.12. The summed E-state index contributed by atoms with van der Waals surface area (Å²) in [6, 6.07) is 2.09. The lowest BCUT2D eigenvalue weighted by Gasteiger charge is -2.30. The molecule has 0 aromatic carbocycles. The third-order valence-corrected chi connectivity index (χ3v) is 4.21. The maximum atomic E-state index is 12.1. The molecule has 0 saturated carbocycles. The standard InChI is InChI=1S/C16H28N4O/c1-4-20-9-7-15(13-20)12-19(3)16(21)17-10-14-6-5-8-18(2)11-14/h7,9,13-14H,4-6,8,10-12H2,1-3H3,(H,17,21)/t14-/m1/s1. The molecule has 0 spiro atoms. The van der Waals surface area contributed by atoms with E-state index < -0.39 is 0 Å². The van der Waals surface area contributed by atoms with Gasteiger partial charge in [-0.15, -0.1) is 0 Å². The molecule has 5 heteroatoms. The summed E-state index contributed by atoms with van der Waals surface area (Å²) in [5.74, 6) is 0.585. The van der Waals surface area contributed by atoms with E-state index >= 15 is 0 Å². The van der Waals surface area contributed by atoms with Crippen molar-refractivity contribution in [3.8, 4) is 0 Å². The minimum atomic E-state index is 0.0208. The number of nitrogens with one attached hydrogen (secondary N) is 1. The molecule has 118 valence electrons. The lowest BCUT2D eigenvalue weighted by atomic mass is 9.99.